The van der Waals surface area contributed by atoms with Gasteiger partial charge in [0.2, 0.25) is 0 Å². The third kappa shape index (κ3) is 3.49. The second kappa shape index (κ2) is 7.15. The van der Waals surface area contributed by atoms with Crippen molar-refractivity contribution in [2.45, 2.75) is 24.1 Å². The van der Waals surface area contributed by atoms with Crippen LogP contribution in [0.25, 0.3) is 0 Å². The van der Waals surface area contributed by atoms with Gasteiger partial charge in [-0.3, -0.25) is 9.29 Å². The lowest BCUT2D eigenvalue weighted by Gasteiger charge is -2.23. The van der Waals surface area contributed by atoms with Gasteiger partial charge in [0.05, 0.1) is 12.2 Å². The molecule has 0 aliphatic heterocycles. The highest BCUT2D eigenvalue weighted by molar-refractivity contribution is 7.94. The normalized spacial score (nSPS) is 11.4. The van der Waals surface area contributed by atoms with Crippen molar-refractivity contribution in [1.82, 2.24) is 4.98 Å². The standard InChI is InChI=1S/C18H18N2O2S2/c1-2-17-10-11-18(23-17)24(21,22)20(16-8-4-3-5-9-16)14-15-7-6-12-19-13-15/h3-13H,2,14H2,1H3. The fraction of sp³-hybridized carbons (Fsp3) is 0.167. The number of sulfonamides is 1. The molecule has 6 heteroatoms. The van der Waals surface area contributed by atoms with Crippen molar-refractivity contribution < 1.29 is 8.42 Å². The first-order valence-corrected chi connectivity index (χ1v) is 9.92. The van der Waals surface area contributed by atoms with Gasteiger partial charge in [-0.05, 0) is 42.3 Å². The van der Waals surface area contributed by atoms with Crippen LogP contribution in [-0.4, -0.2) is 13.4 Å². The lowest BCUT2D eigenvalue weighted by molar-refractivity contribution is 0.592. The summed E-state index contributed by atoms with van der Waals surface area (Å²) in [5.74, 6) is 0. The van der Waals surface area contributed by atoms with E-state index in [0.29, 0.717) is 9.90 Å². The predicted octanol–water partition coefficient (Wildman–Crippen LogP) is 4.10. The maximum absolute atomic E-state index is 13.2. The molecule has 2 aromatic heterocycles. The third-order valence-electron chi connectivity index (χ3n) is 3.62. The summed E-state index contributed by atoms with van der Waals surface area (Å²) < 4.78 is 28.2. The van der Waals surface area contributed by atoms with Crippen LogP contribution in [0, 0.1) is 0 Å². The molecule has 4 nitrogen and oxygen atoms in total. The highest BCUT2D eigenvalue weighted by Gasteiger charge is 2.26. The average Bonchev–Trinajstić information content (AvgIpc) is 3.11. The van der Waals surface area contributed by atoms with E-state index < -0.39 is 10.0 Å². The Morgan fingerprint density at radius 3 is 2.46 bits per heavy atom. The monoisotopic (exact) mass is 358 g/mol. The number of pyridine rings is 1. The zero-order valence-electron chi connectivity index (χ0n) is 13.3. The Labute approximate surface area is 146 Å². The molecule has 0 aliphatic carbocycles. The van der Waals surface area contributed by atoms with E-state index in [2.05, 4.69) is 4.98 Å². The van der Waals surface area contributed by atoms with Crippen LogP contribution in [0.1, 0.15) is 17.4 Å². The van der Waals surface area contributed by atoms with Crippen molar-refractivity contribution in [1.29, 1.82) is 0 Å². The molecule has 0 atom stereocenters. The van der Waals surface area contributed by atoms with Gasteiger partial charge in [-0.15, -0.1) is 11.3 Å². The third-order valence-corrected chi connectivity index (χ3v) is 7.09. The summed E-state index contributed by atoms with van der Waals surface area (Å²) >= 11 is 1.33. The van der Waals surface area contributed by atoms with E-state index in [0.717, 1.165) is 16.9 Å². The van der Waals surface area contributed by atoms with Gasteiger partial charge in [0.25, 0.3) is 10.0 Å². The van der Waals surface area contributed by atoms with E-state index in [1.54, 1.807) is 18.5 Å². The first kappa shape index (κ1) is 16.7. The maximum Gasteiger partial charge on any atom is 0.274 e. The lowest BCUT2D eigenvalue weighted by Crippen LogP contribution is -2.30. The van der Waals surface area contributed by atoms with Crippen molar-refractivity contribution in [2.75, 3.05) is 4.31 Å². The molecule has 0 saturated carbocycles. The second-order valence-corrected chi connectivity index (χ2v) is 8.54. The first-order chi connectivity index (χ1) is 11.6. The SMILES string of the molecule is CCc1ccc(S(=O)(=O)N(Cc2cccnc2)c2ccccc2)s1. The molecule has 3 aromatic rings. The van der Waals surface area contributed by atoms with Crippen LogP contribution in [0.4, 0.5) is 5.69 Å². The number of rotatable bonds is 6. The van der Waals surface area contributed by atoms with Gasteiger partial charge in [-0.1, -0.05) is 31.2 Å². The molecule has 0 radical (unpaired) electrons. The summed E-state index contributed by atoms with van der Waals surface area (Å²) in [4.78, 5) is 5.14. The number of benzene rings is 1. The Morgan fingerprint density at radius 1 is 1.04 bits per heavy atom. The predicted molar refractivity (Wildman–Crippen MR) is 97.7 cm³/mol. The van der Waals surface area contributed by atoms with Crippen molar-refractivity contribution in [3.8, 4) is 0 Å². The molecule has 24 heavy (non-hydrogen) atoms. The Bertz CT molecular complexity index is 891. The van der Waals surface area contributed by atoms with Crippen LogP contribution in [0.3, 0.4) is 0 Å². The number of hydrogen-bond acceptors (Lipinski definition) is 4. The Morgan fingerprint density at radius 2 is 1.83 bits per heavy atom. The molecule has 0 spiro atoms. The number of aryl methyl sites for hydroxylation is 1. The lowest BCUT2D eigenvalue weighted by atomic mass is 10.2. The highest BCUT2D eigenvalue weighted by atomic mass is 32.2. The number of hydrogen-bond donors (Lipinski definition) is 0. The molecule has 0 amide bonds. The van der Waals surface area contributed by atoms with E-state index in [4.69, 9.17) is 0 Å². The molecule has 3 rings (SSSR count). The maximum atomic E-state index is 13.2. The summed E-state index contributed by atoms with van der Waals surface area (Å²) in [6, 6.07) is 16.4. The summed E-state index contributed by atoms with van der Waals surface area (Å²) in [7, 11) is -3.62. The minimum atomic E-state index is -3.62. The average molecular weight is 358 g/mol. The molecule has 0 fully saturated rings. The second-order valence-electron chi connectivity index (χ2n) is 5.28. The van der Waals surface area contributed by atoms with Crippen LogP contribution < -0.4 is 4.31 Å². The summed E-state index contributed by atoms with van der Waals surface area (Å²) in [5.41, 5.74) is 1.49. The van der Waals surface area contributed by atoms with E-state index in [9.17, 15) is 8.42 Å². The quantitative estimate of drug-likeness (QED) is 0.666. The largest absolute Gasteiger partial charge is 0.274 e. The van der Waals surface area contributed by atoms with Gasteiger partial charge < -0.3 is 0 Å². The zero-order chi connectivity index (χ0) is 17.0. The van der Waals surface area contributed by atoms with Crippen LogP contribution in [0.2, 0.25) is 0 Å². The fourth-order valence-corrected chi connectivity index (χ4v) is 5.22. The molecule has 0 unspecified atom stereocenters. The molecular formula is C18H18N2O2S2. The van der Waals surface area contributed by atoms with Crippen molar-refractivity contribution in [3.05, 3.63) is 77.4 Å². The number of aromatic nitrogens is 1. The molecule has 2 heterocycles. The van der Waals surface area contributed by atoms with Crippen molar-refractivity contribution >= 4 is 27.0 Å². The first-order valence-electron chi connectivity index (χ1n) is 7.66. The summed E-state index contributed by atoms with van der Waals surface area (Å²) in [6.07, 6.45) is 4.20. The minimum Gasteiger partial charge on any atom is -0.264 e. The Balaban J connectivity index is 2.03. The van der Waals surface area contributed by atoms with Crippen LogP contribution >= 0.6 is 11.3 Å². The van der Waals surface area contributed by atoms with Gasteiger partial charge in [-0.2, -0.15) is 0 Å². The van der Waals surface area contributed by atoms with Gasteiger partial charge in [0.15, 0.2) is 0 Å². The Kier molecular flexibility index (Phi) is 4.97. The summed E-state index contributed by atoms with van der Waals surface area (Å²) in [5, 5.41) is 0. The number of thiophene rings is 1. The van der Waals surface area contributed by atoms with E-state index in [1.165, 1.54) is 15.6 Å². The molecule has 0 N–H and O–H groups in total. The highest BCUT2D eigenvalue weighted by Crippen LogP contribution is 2.30. The van der Waals surface area contributed by atoms with Crippen LogP contribution in [0.5, 0.6) is 0 Å². The summed E-state index contributed by atoms with van der Waals surface area (Å²) in [6.45, 7) is 2.27. The molecule has 124 valence electrons. The smallest absolute Gasteiger partial charge is 0.264 e. The Hall–Kier alpha value is -2.18. The van der Waals surface area contributed by atoms with E-state index in [1.807, 2.05) is 55.5 Å². The number of anilines is 1. The van der Waals surface area contributed by atoms with Crippen molar-refractivity contribution in [2.24, 2.45) is 0 Å². The van der Waals surface area contributed by atoms with Gasteiger partial charge in [0.1, 0.15) is 4.21 Å². The van der Waals surface area contributed by atoms with E-state index >= 15 is 0 Å². The van der Waals surface area contributed by atoms with Gasteiger partial charge >= 0.3 is 0 Å². The van der Waals surface area contributed by atoms with Crippen LogP contribution in [0.15, 0.2) is 71.2 Å². The molecule has 0 saturated heterocycles. The van der Waals surface area contributed by atoms with Gasteiger partial charge in [0, 0.05) is 17.3 Å². The molecular weight excluding hydrogens is 340 g/mol. The molecule has 0 aliphatic rings. The zero-order valence-corrected chi connectivity index (χ0v) is 14.9. The van der Waals surface area contributed by atoms with Gasteiger partial charge in [-0.25, -0.2) is 8.42 Å². The van der Waals surface area contributed by atoms with E-state index in [-0.39, 0.29) is 6.54 Å². The number of nitrogens with zero attached hydrogens (tertiary/aromatic N) is 2. The minimum absolute atomic E-state index is 0.250. The molecule has 1 aromatic carbocycles. The molecule has 0 bridgehead atoms. The number of para-hydroxylation sites is 1. The van der Waals surface area contributed by atoms with Crippen molar-refractivity contribution in [3.63, 3.8) is 0 Å². The topological polar surface area (TPSA) is 50.3 Å². The van der Waals surface area contributed by atoms with Crippen LogP contribution in [-0.2, 0) is 23.0 Å². The fourth-order valence-electron chi connectivity index (χ4n) is 2.36.